The van der Waals surface area contributed by atoms with Gasteiger partial charge in [0.2, 0.25) is 0 Å². The van der Waals surface area contributed by atoms with Crippen LogP contribution in [0.4, 0.5) is 0 Å². The number of fused-ring (bicyclic) bond motifs is 1. The highest BCUT2D eigenvalue weighted by Crippen LogP contribution is 2.60. The molecule has 3 aliphatic rings. The molecule has 2 nitrogen and oxygen atoms in total. The van der Waals surface area contributed by atoms with Gasteiger partial charge >= 0.3 is 0 Å². The van der Waals surface area contributed by atoms with E-state index in [1.54, 1.807) is 5.57 Å². The Kier molecular flexibility index (Phi) is 9.65. The molecule has 3 heteroatoms. The molecule has 1 N–H and O–H groups in total. The van der Waals surface area contributed by atoms with E-state index in [1.807, 2.05) is 0 Å². The molecule has 0 aliphatic heterocycles. The first-order chi connectivity index (χ1) is 16.7. The first-order valence-electron chi connectivity index (χ1n) is 15.1. The predicted molar refractivity (Wildman–Crippen MR) is 159 cm³/mol. The molecule has 0 bridgehead atoms. The smallest absolute Gasteiger partial charge is 0.192 e. The fourth-order valence-electron chi connectivity index (χ4n) is 7.26. The fraction of sp³-hybridized carbons (Fsp3) is 0.818. The van der Waals surface area contributed by atoms with Gasteiger partial charge in [0.05, 0.1) is 6.10 Å². The van der Waals surface area contributed by atoms with Crippen LogP contribution in [0.25, 0.3) is 0 Å². The van der Waals surface area contributed by atoms with Crippen molar-refractivity contribution in [2.45, 2.75) is 143 Å². The molecular formula is C33H58O2Si. The van der Waals surface area contributed by atoms with E-state index < -0.39 is 8.32 Å². The van der Waals surface area contributed by atoms with Crippen LogP contribution in [0.5, 0.6) is 0 Å². The highest BCUT2D eigenvalue weighted by Gasteiger charge is 2.50. The summed E-state index contributed by atoms with van der Waals surface area (Å²) < 4.78 is 6.81. The van der Waals surface area contributed by atoms with Gasteiger partial charge in [-0.05, 0) is 117 Å². The monoisotopic (exact) mass is 514 g/mol. The van der Waals surface area contributed by atoms with Gasteiger partial charge in [-0.3, -0.25) is 0 Å². The average Bonchev–Trinajstić information content (AvgIpc) is 3.14. The van der Waals surface area contributed by atoms with E-state index in [0.717, 1.165) is 43.9 Å². The summed E-state index contributed by atoms with van der Waals surface area (Å²) in [5, 5.41) is 10.6. The topological polar surface area (TPSA) is 29.5 Å². The molecular weight excluding hydrogens is 456 g/mol. The zero-order valence-corrected chi connectivity index (χ0v) is 26.3. The summed E-state index contributed by atoms with van der Waals surface area (Å²) in [5.41, 5.74) is 4.85. The molecule has 6 atom stereocenters. The zero-order valence-electron chi connectivity index (χ0n) is 25.3. The predicted octanol–water partition coefficient (Wildman–Crippen LogP) is 9.62. The molecule has 36 heavy (non-hydrogen) atoms. The van der Waals surface area contributed by atoms with Gasteiger partial charge in [-0.15, -0.1) is 0 Å². The minimum atomic E-state index is -1.75. The van der Waals surface area contributed by atoms with Crippen LogP contribution < -0.4 is 0 Å². The lowest BCUT2D eigenvalue weighted by Gasteiger charge is -2.44. The van der Waals surface area contributed by atoms with Gasteiger partial charge in [-0.2, -0.15) is 0 Å². The van der Waals surface area contributed by atoms with Crippen molar-refractivity contribution in [3.8, 4) is 0 Å². The van der Waals surface area contributed by atoms with Gasteiger partial charge in [0.25, 0.3) is 0 Å². The van der Waals surface area contributed by atoms with Crippen molar-refractivity contribution >= 4 is 8.32 Å². The van der Waals surface area contributed by atoms with E-state index in [9.17, 15) is 5.11 Å². The Labute approximate surface area is 225 Å². The average molecular weight is 515 g/mol. The van der Waals surface area contributed by atoms with Gasteiger partial charge in [-0.1, -0.05) is 78.3 Å². The van der Waals surface area contributed by atoms with E-state index in [1.165, 1.54) is 43.3 Å². The van der Waals surface area contributed by atoms with Gasteiger partial charge < -0.3 is 9.53 Å². The van der Waals surface area contributed by atoms with Crippen LogP contribution in [0.15, 0.2) is 35.5 Å². The molecule has 0 saturated heterocycles. The van der Waals surface area contributed by atoms with E-state index in [0.29, 0.717) is 23.4 Å². The highest BCUT2D eigenvalue weighted by atomic mass is 28.4. The Morgan fingerprint density at radius 1 is 1.08 bits per heavy atom. The lowest BCUT2D eigenvalue weighted by Crippen LogP contribution is -2.44. The Morgan fingerprint density at radius 3 is 2.42 bits per heavy atom. The van der Waals surface area contributed by atoms with E-state index in [4.69, 9.17) is 4.43 Å². The van der Waals surface area contributed by atoms with Crippen molar-refractivity contribution in [1.29, 1.82) is 0 Å². The molecule has 206 valence electrons. The van der Waals surface area contributed by atoms with Crippen LogP contribution in [-0.4, -0.2) is 25.6 Å². The van der Waals surface area contributed by atoms with Gasteiger partial charge in [-0.25, -0.2) is 0 Å². The van der Waals surface area contributed by atoms with Gasteiger partial charge in [0, 0.05) is 6.10 Å². The normalized spacial score (nSPS) is 33.9. The highest BCUT2D eigenvalue weighted by molar-refractivity contribution is 6.74. The second-order valence-corrected chi connectivity index (χ2v) is 19.5. The van der Waals surface area contributed by atoms with Crippen LogP contribution in [0.3, 0.4) is 0 Å². The summed E-state index contributed by atoms with van der Waals surface area (Å²) in [6.45, 7) is 25.5. The number of aliphatic hydroxyl groups is 1. The molecule has 3 rings (SSSR count). The fourth-order valence-corrected chi connectivity index (χ4v) is 8.65. The Morgan fingerprint density at radius 2 is 1.78 bits per heavy atom. The van der Waals surface area contributed by atoms with Gasteiger partial charge in [0.15, 0.2) is 8.32 Å². The molecule has 0 amide bonds. The van der Waals surface area contributed by atoms with Crippen molar-refractivity contribution in [2.75, 3.05) is 0 Å². The molecule has 3 aliphatic carbocycles. The summed E-state index contributed by atoms with van der Waals surface area (Å²) >= 11 is 0. The SMILES string of the molecule is C=C1CC[C@H](O[Si](C)(C)C(C)(C)C)C/C1=C\C=C1/CCC[C@]2(C)[C@@H]([C@H](C)CC[C@H](O)C(C)C)CC[C@@H]12. The van der Waals surface area contributed by atoms with Crippen LogP contribution in [0.1, 0.15) is 113 Å². The van der Waals surface area contributed by atoms with Crippen LogP contribution >= 0.6 is 0 Å². The minimum Gasteiger partial charge on any atom is -0.414 e. The Hall–Kier alpha value is -0.643. The number of hydrogen-bond donors (Lipinski definition) is 1. The summed E-state index contributed by atoms with van der Waals surface area (Å²) in [6.07, 6.45) is 17.1. The first kappa shape index (κ1) is 29.9. The quantitative estimate of drug-likeness (QED) is 0.327. The molecule has 3 fully saturated rings. The maximum absolute atomic E-state index is 10.4. The number of hydrogen-bond acceptors (Lipinski definition) is 2. The van der Waals surface area contributed by atoms with E-state index in [-0.39, 0.29) is 11.1 Å². The zero-order chi connectivity index (χ0) is 26.9. The maximum atomic E-state index is 10.4. The summed E-state index contributed by atoms with van der Waals surface area (Å²) in [5.74, 6) is 2.56. The lowest BCUT2D eigenvalue weighted by molar-refractivity contribution is 0.0717. The van der Waals surface area contributed by atoms with Crippen molar-refractivity contribution in [1.82, 2.24) is 0 Å². The van der Waals surface area contributed by atoms with Crippen LogP contribution in [0.2, 0.25) is 18.1 Å². The molecule has 0 heterocycles. The molecule has 0 aromatic heterocycles. The van der Waals surface area contributed by atoms with Crippen LogP contribution in [0, 0.1) is 29.1 Å². The molecule has 0 aromatic rings. The summed E-state index contributed by atoms with van der Waals surface area (Å²) in [6, 6.07) is 0. The Balaban J connectivity index is 1.70. The third-order valence-electron chi connectivity index (χ3n) is 10.8. The number of aliphatic hydroxyl groups excluding tert-OH is 1. The summed E-state index contributed by atoms with van der Waals surface area (Å²) in [4.78, 5) is 0. The molecule has 0 spiro atoms. The van der Waals surface area contributed by atoms with Gasteiger partial charge in [0.1, 0.15) is 0 Å². The largest absolute Gasteiger partial charge is 0.414 e. The second-order valence-electron chi connectivity index (χ2n) is 14.7. The second kappa shape index (κ2) is 11.6. The Bertz CT molecular complexity index is 829. The first-order valence-corrected chi connectivity index (χ1v) is 18.0. The van der Waals surface area contributed by atoms with Crippen molar-refractivity contribution in [2.24, 2.45) is 29.1 Å². The van der Waals surface area contributed by atoms with Crippen LogP contribution in [-0.2, 0) is 4.43 Å². The molecule has 0 unspecified atom stereocenters. The third kappa shape index (κ3) is 6.67. The van der Waals surface area contributed by atoms with E-state index >= 15 is 0 Å². The summed E-state index contributed by atoms with van der Waals surface area (Å²) in [7, 11) is -1.75. The van der Waals surface area contributed by atoms with Crippen molar-refractivity contribution in [3.05, 3.63) is 35.5 Å². The van der Waals surface area contributed by atoms with E-state index in [2.05, 4.69) is 80.3 Å². The third-order valence-corrected chi connectivity index (χ3v) is 15.4. The standard InChI is InChI=1S/C33H58O2Si/c1-23(2)31(34)20-14-25(4)29-18-19-30-26(12-11-21-33(29,30)8)15-16-27-22-28(17-13-24(27)3)35-36(9,10)32(5,6)7/h15-16,23,25,28-31,34H,3,11-14,17-22H2,1-2,4-10H3/b26-15+,27-16+/t25-,28+,29-,30+,31+,33-/m1/s1. The lowest BCUT2D eigenvalue weighted by atomic mass is 9.60. The van der Waals surface area contributed by atoms with Crippen molar-refractivity contribution < 1.29 is 9.53 Å². The number of allylic oxidation sites excluding steroid dienone is 4. The maximum Gasteiger partial charge on any atom is 0.192 e. The molecule has 0 aromatic carbocycles. The number of rotatable bonds is 8. The molecule has 0 radical (unpaired) electrons. The molecule has 3 saturated carbocycles. The van der Waals surface area contributed by atoms with Crippen molar-refractivity contribution in [3.63, 3.8) is 0 Å². The minimum absolute atomic E-state index is 0.154.